The Balaban J connectivity index is 2.60. The Hall–Kier alpha value is -0.530. The van der Waals surface area contributed by atoms with E-state index in [9.17, 15) is 4.79 Å². The second-order valence-electron chi connectivity index (χ2n) is 6.11. The highest BCUT2D eigenvalue weighted by molar-refractivity contribution is 5.72. The van der Waals surface area contributed by atoms with Crippen LogP contribution in [0.2, 0.25) is 0 Å². The average Bonchev–Trinajstić information content (AvgIpc) is 2.27. The van der Waals surface area contributed by atoms with Gasteiger partial charge in [-0.05, 0) is 37.0 Å². The van der Waals surface area contributed by atoms with E-state index in [4.69, 9.17) is 4.74 Å². The van der Waals surface area contributed by atoms with E-state index in [0.717, 1.165) is 12.8 Å². The number of hydrogen-bond donors (Lipinski definition) is 0. The monoisotopic (exact) mass is 240 g/mol. The minimum Gasteiger partial charge on any atom is -0.462 e. The van der Waals surface area contributed by atoms with Gasteiger partial charge in [0.15, 0.2) is 0 Å². The van der Waals surface area contributed by atoms with Gasteiger partial charge in [0.25, 0.3) is 0 Å². The summed E-state index contributed by atoms with van der Waals surface area (Å²) >= 11 is 0. The molecule has 0 aliphatic heterocycles. The van der Waals surface area contributed by atoms with Gasteiger partial charge in [-0.2, -0.15) is 0 Å². The smallest absolute Gasteiger partial charge is 0.308 e. The first kappa shape index (κ1) is 14.5. The van der Waals surface area contributed by atoms with Gasteiger partial charge in [-0.1, -0.05) is 41.0 Å². The van der Waals surface area contributed by atoms with Crippen molar-refractivity contribution in [3.05, 3.63) is 0 Å². The summed E-state index contributed by atoms with van der Waals surface area (Å²) in [4.78, 5) is 11.9. The van der Waals surface area contributed by atoms with Crippen LogP contribution in [0.4, 0.5) is 0 Å². The highest BCUT2D eigenvalue weighted by Crippen LogP contribution is 2.35. The molecule has 1 fully saturated rings. The molecule has 2 heteroatoms. The number of esters is 1. The van der Waals surface area contributed by atoms with Crippen LogP contribution in [0.1, 0.15) is 60.3 Å². The van der Waals surface area contributed by atoms with Crippen LogP contribution < -0.4 is 0 Å². The third-order valence-corrected chi connectivity index (χ3v) is 4.24. The van der Waals surface area contributed by atoms with E-state index < -0.39 is 0 Å². The lowest BCUT2D eigenvalue weighted by Gasteiger charge is -2.37. The number of carbonyl (C=O) groups is 1. The molecule has 0 heterocycles. The number of ether oxygens (including phenoxy) is 1. The number of rotatable bonds is 4. The van der Waals surface area contributed by atoms with Crippen LogP contribution in [-0.4, -0.2) is 12.1 Å². The van der Waals surface area contributed by atoms with Crippen LogP contribution in [-0.2, 0) is 9.53 Å². The maximum Gasteiger partial charge on any atom is 0.308 e. The zero-order chi connectivity index (χ0) is 13.0. The molecule has 0 aromatic heterocycles. The Morgan fingerprint density at radius 3 is 2.47 bits per heavy atom. The summed E-state index contributed by atoms with van der Waals surface area (Å²) in [5.41, 5.74) is 0. The molecule has 1 aliphatic carbocycles. The van der Waals surface area contributed by atoms with Crippen LogP contribution in [0.15, 0.2) is 0 Å². The van der Waals surface area contributed by atoms with Gasteiger partial charge in [0, 0.05) is 0 Å². The standard InChI is InChI=1S/C15H28O2/c1-6-12(5)15(16)17-14-9-11(4)7-8-13(14)10(2)3/h10-14H,6-9H2,1-5H3/t11-,12?,13+,14-/m1/s1. The van der Waals surface area contributed by atoms with Gasteiger partial charge in [0.05, 0.1) is 5.92 Å². The summed E-state index contributed by atoms with van der Waals surface area (Å²) in [5, 5.41) is 0. The molecule has 17 heavy (non-hydrogen) atoms. The van der Waals surface area contributed by atoms with Crippen LogP contribution >= 0.6 is 0 Å². The topological polar surface area (TPSA) is 26.3 Å². The summed E-state index contributed by atoms with van der Waals surface area (Å²) in [6.45, 7) is 10.7. The summed E-state index contributed by atoms with van der Waals surface area (Å²) in [6.07, 6.45) is 4.55. The lowest BCUT2D eigenvalue weighted by Crippen LogP contribution is -2.37. The molecule has 1 saturated carbocycles. The zero-order valence-corrected chi connectivity index (χ0v) is 12.0. The van der Waals surface area contributed by atoms with Crippen molar-refractivity contribution in [2.45, 2.75) is 66.4 Å². The number of hydrogen-bond acceptors (Lipinski definition) is 2. The Labute approximate surface area is 106 Å². The van der Waals surface area contributed by atoms with Gasteiger partial charge in [-0.3, -0.25) is 4.79 Å². The van der Waals surface area contributed by atoms with Gasteiger partial charge in [-0.15, -0.1) is 0 Å². The van der Waals surface area contributed by atoms with Crippen LogP contribution in [0.25, 0.3) is 0 Å². The molecule has 100 valence electrons. The molecule has 0 radical (unpaired) electrons. The highest BCUT2D eigenvalue weighted by Gasteiger charge is 2.33. The second-order valence-corrected chi connectivity index (χ2v) is 6.11. The van der Waals surface area contributed by atoms with E-state index in [1.807, 2.05) is 13.8 Å². The molecular weight excluding hydrogens is 212 g/mol. The Morgan fingerprint density at radius 1 is 1.29 bits per heavy atom. The van der Waals surface area contributed by atoms with Gasteiger partial charge >= 0.3 is 5.97 Å². The molecule has 0 amide bonds. The Bertz CT molecular complexity index is 247. The van der Waals surface area contributed by atoms with Crippen molar-refractivity contribution < 1.29 is 9.53 Å². The van der Waals surface area contributed by atoms with E-state index >= 15 is 0 Å². The SMILES string of the molecule is CCC(C)C(=O)O[C@@H]1C[C@H](C)CC[C@H]1C(C)C. The molecule has 0 saturated heterocycles. The minimum atomic E-state index is -0.00255. The van der Waals surface area contributed by atoms with E-state index in [1.165, 1.54) is 12.8 Å². The van der Waals surface area contributed by atoms with E-state index in [2.05, 4.69) is 20.8 Å². The first-order chi connectivity index (χ1) is 7.95. The Kier molecular flexibility index (Phi) is 5.48. The third kappa shape index (κ3) is 4.01. The first-order valence-electron chi connectivity index (χ1n) is 7.16. The van der Waals surface area contributed by atoms with Crippen LogP contribution in [0.3, 0.4) is 0 Å². The van der Waals surface area contributed by atoms with Crippen molar-refractivity contribution in [3.8, 4) is 0 Å². The summed E-state index contributed by atoms with van der Waals surface area (Å²) in [6, 6.07) is 0. The van der Waals surface area contributed by atoms with Crippen molar-refractivity contribution in [1.29, 1.82) is 0 Å². The molecule has 1 aliphatic rings. The van der Waals surface area contributed by atoms with Crippen molar-refractivity contribution in [2.75, 3.05) is 0 Å². The van der Waals surface area contributed by atoms with Crippen molar-refractivity contribution in [3.63, 3.8) is 0 Å². The quantitative estimate of drug-likeness (QED) is 0.693. The van der Waals surface area contributed by atoms with Crippen molar-refractivity contribution >= 4 is 5.97 Å². The summed E-state index contributed by atoms with van der Waals surface area (Å²) < 4.78 is 5.75. The molecule has 0 aromatic carbocycles. The fourth-order valence-electron chi connectivity index (χ4n) is 2.68. The second kappa shape index (κ2) is 6.42. The fraction of sp³-hybridized carbons (Fsp3) is 0.933. The fourth-order valence-corrected chi connectivity index (χ4v) is 2.68. The normalized spacial score (nSPS) is 31.3. The molecule has 0 N–H and O–H groups in total. The highest BCUT2D eigenvalue weighted by atomic mass is 16.5. The third-order valence-electron chi connectivity index (χ3n) is 4.24. The molecule has 1 unspecified atom stereocenters. The number of carbonyl (C=O) groups excluding carboxylic acids is 1. The summed E-state index contributed by atoms with van der Waals surface area (Å²) in [7, 11) is 0. The van der Waals surface area contributed by atoms with Gasteiger partial charge in [0.1, 0.15) is 6.10 Å². The molecule has 2 nitrogen and oxygen atoms in total. The minimum absolute atomic E-state index is 0.00255. The van der Waals surface area contributed by atoms with Crippen LogP contribution in [0.5, 0.6) is 0 Å². The maximum atomic E-state index is 11.9. The predicted octanol–water partition coefficient (Wildman–Crippen LogP) is 4.04. The predicted molar refractivity (Wildman–Crippen MR) is 70.7 cm³/mol. The lowest BCUT2D eigenvalue weighted by molar-refractivity contribution is -0.160. The largest absolute Gasteiger partial charge is 0.462 e. The first-order valence-corrected chi connectivity index (χ1v) is 7.16. The zero-order valence-electron chi connectivity index (χ0n) is 12.0. The van der Waals surface area contributed by atoms with Crippen LogP contribution in [0, 0.1) is 23.7 Å². The molecule has 0 spiro atoms. The average molecular weight is 240 g/mol. The molecule has 0 bridgehead atoms. The van der Waals surface area contributed by atoms with Crippen molar-refractivity contribution in [1.82, 2.24) is 0 Å². The van der Waals surface area contributed by atoms with Gasteiger partial charge < -0.3 is 4.74 Å². The van der Waals surface area contributed by atoms with Gasteiger partial charge in [0.2, 0.25) is 0 Å². The van der Waals surface area contributed by atoms with E-state index in [-0.39, 0.29) is 18.0 Å². The Morgan fingerprint density at radius 2 is 1.94 bits per heavy atom. The summed E-state index contributed by atoms with van der Waals surface area (Å²) in [5.74, 6) is 1.90. The molecule has 4 atom stereocenters. The molecule has 1 rings (SSSR count). The molecule has 0 aromatic rings. The van der Waals surface area contributed by atoms with E-state index in [0.29, 0.717) is 17.8 Å². The lowest BCUT2D eigenvalue weighted by atomic mass is 9.75. The van der Waals surface area contributed by atoms with Gasteiger partial charge in [-0.25, -0.2) is 0 Å². The van der Waals surface area contributed by atoms with E-state index in [1.54, 1.807) is 0 Å². The molecular formula is C15H28O2. The maximum absolute atomic E-state index is 11.9. The van der Waals surface area contributed by atoms with Crippen molar-refractivity contribution in [2.24, 2.45) is 23.7 Å².